The molecule has 0 atom stereocenters. The van der Waals surface area contributed by atoms with Crippen molar-refractivity contribution in [1.29, 1.82) is 0 Å². The maximum atomic E-state index is 13.5. The topological polar surface area (TPSA) is 21.3 Å². The van der Waals surface area contributed by atoms with Crippen LogP contribution in [0, 0.1) is 5.82 Å². The summed E-state index contributed by atoms with van der Waals surface area (Å²) in [6, 6.07) is 5.37. The van der Waals surface area contributed by atoms with Crippen LogP contribution in [0.3, 0.4) is 0 Å². The van der Waals surface area contributed by atoms with Gasteiger partial charge in [0.05, 0.1) is 5.69 Å². The van der Waals surface area contributed by atoms with Crippen LogP contribution in [0.5, 0.6) is 0 Å². The molecule has 1 aromatic rings. The van der Waals surface area contributed by atoms with Crippen molar-refractivity contribution in [3.63, 3.8) is 0 Å². The van der Waals surface area contributed by atoms with Gasteiger partial charge in [0.2, 0.25) is 0 Å². The van der Waals surface area contributed by atoms with E-state index in [1.54, 1.807) is 6.07 Å². The molecule has 2 heterocycles. The van der Waals surface area contributed by atoms with Gasteiger partial charge in [0.15, 0.2) is 0 Å². The summed E-state index contributed by atoms with van der Waals surface area (Å²) in [7, 11) is 0. The Morgan fingerprint density at radius 2 is 2.07 bits per heavy atom. The van der Waals surface area contributed by atoms with Gasteiger partial charge in [-0.05, 0) is 24.5 Å². The number of hydrogen-bond acceptors (Lipinski definition) is 2. The van der Waals surface area contributed by atoms with Gasteiger partial charge in [-0.1, -0.05) is 12.1 Å². The summed E-state index contributed by atoms with van der Waals surface area (Å²) < 4.78 is 18.9. The molecule has 2 aliphatic rings. The predicted molar refractivity (Wildman–Crippen MR) is 56.6 cm³/mol. The summed E-state index contributed by atoms with van der Waals surface area (Å²) in [5.41, 5.74) is 1.97. The molecule has 80 valence electrons. The van der Waals surface area contributed by atoms with Crippen LogP contribution in [0.15, 0.2) is 18.2 Å². The van der Waals surface area contributed by atoms with Gasteiger partial charge < -0.3 is 10.1 Å². The molecular formula is C12H14FNO. The molecular weight excluding hydrogens is 193 g/mol. The van der Waals surface area contributed by atoms with E-state index in [0.29, 0.717) is 5.69 Å². The van der Waals surface area contributed by atoms with Crippen LogP contribution >= 0.6 is 0 Å². The number of rotatable bonds is 0. The van der Waals surface area contributed by atoms with E-state index >= 15 is 0 Å². The van der Waals surface area contributed by atoms with Crippen molar-refractivity contribution in [3.05, 3.63) is 29.6 Å². The van der Waals surface area contributed by atoms with Crippen LogP contribution in [0.2, 0.25) is 0 Å². The average molecular weight is 207 g/mol. The molecule has 1 fully saturated rings. The maximum absolute atomic E-state index is 13.5. The molecule has 0 saturated carbocycles. The Labute approximate surface area is 88.4 Å². The van der Waals surface area contributed by atoms with Crippen molar-refractivity contribution < 1.29 is 9.13 Å². The zero-order valence-corrected chi connectivity index (χ0v) is 8.55. The van der Waals surface area contributed by atoms with Crippen molar-refractivity contribution in [2.24, 2.45) is 0 Å². The minimum absolute atomic E-state index is 0.121. The molecule has 2 aliphatic heterocycles. The Bertz CT molecular complexity index is 385. The lowest BCUT2D eigenvalue weighted by atomic mass is 9.76. The number of hydrogen-bond donors (Lipinski definition) is 1. The molecule has 1 saturated heterocycles. The highest BCUT2D eigenvalue weighted by Gasteiger charge is 2.40. The molecule has 1 N–H and O–H groups in total. The number of anilines is 1. The third kappa shape index (κ3) is 1.26. The number of para-hydroxylation sites is 1. The van der Waals surface area contributed by atoms with E-state index in [4.69, 9.17) is 4.74 Å². The van der Waals surface area contributed by atoms with Crippen molar-refractivity contribution in [2.75, 3.05) is 25.1 Å². The Morgan fingerprint density at radius 3 is 2.87 bits per heavy atom. The Balaban J connectivity index is 2.06. The minimum atomic E-state index is -0.129. The monoisotopic (exact) mass is 207 g/mol. The van der Waals surface area contributed by atoms with Gasteiger partial charge in [0, 0.05) is 25.2 Å². The summed E-state index contributed by atoms with van der Waals surface area (Å²) in [6.45, 7) is 2.43. The molecule has 0 bridgehead atoms. The van der Waals surface area contributed by atoms with Crippen molar-refractivity contribution >= 4 is 5.69 Å². The van der Waals surface area contributed by atoms with E-state index in [1.165, 1.54) is 6.07 Å². The molecule has 15 heavy (non-hydrogen) atoms. The second-order valence-corrected chi connectivity index (χ2v) is 4.41. The summed E-state index contributed by atoms with van der Waals surface area (Å²) in [4.78, 5) is 0. The minimum Gasteiger partial charge on any atom is -0.382 e. The highest BCUT2D eigenvalue weighted by molar-refractivity contribution is 5.61. The second-order valence-electron chi connectivity index (χ2n) is 4.41. The largest absolute Gasteiger partial charge is 0.382 e. The fourth-order valence-electron chi connectivity index (χ4n) is 2.71. The molecule has 0 amide bonds. The molecule has 1 spiro atoms. The highest BCUT2D eigenvalue weighted by Crippen LogP contribution is 2.44. The van der Waals surface area contributed by atoms with Gasteiger partial charge >= 0.3 is 0 Å². The highest BCUT2D eigenvalue weighted by atomic mass is 19.1. The van der Waals surface area contributed by atoms with Gasteiger partial charge in [-0.25, -0.2) is 4.39 Å². The van der Waals surface area contributed by atoms with Crippen molar-refractivity contribution in [1.82, 2.24) is 0 Å². The van der Waals surface area contributed by atoms with Crippen molar-refractivity contribution in [3.8, 4) is 0 Å². The van der Waals surface area contributed by atoms with Crippen LogP contribution in [0.4, 0.5) is 10.1 Å². The van der Waals surface area contributed by atoms with Crippen LogP contribution in [0.25, 0.3) is 0 Å². The van der Waals surface area contributed by atoms with E-state index in [2.05, 4.69) is 5.32 Å². The van der Waals surface area contributed by atoms with E-state index in [9.17, 15) is 4.39 Å². The maximum Gasteiger partial charge on any atom is 0.146 e. The zero-order valence-electron chi connectivity index (χ0n) is 8.55. The molecule has 0 unspecified atom stereocenters. The van der Waals surface area contributed by atoms with Gasteiger partial charge in [-0.3, -0.25) is 0 Å². The SMILES string of the molecule is Fc1cccc2c1NCC21CCOCC1. The number of benzene rings is 1. The second kappa shape index (κ2) is 3.20. The lowest BCUT2D eigenvalue weighted by Gasteiger charge is -2.33. The van der Waals surface area contributed by atoms with Crippen LogP contribution < -0.4 is 5.32 Å². The molecule has 0 radical (unpaired) electrons. The van der Waals surface area contributed by atoms with Gasteiger partial charge in [-0.15, -0.1) is 0 Å². The van der Waals surface area contributed by atoms with Crippen LogP contribution in [-0.4, -0.2) is 19.8 Å². The van der Waals surface area contributed by atoms with Gasteiger partial charge in [-0.2, -0.15) is 0 Å². The Morgan fingerprint density at radius 1 is 1.27 bits per heavy atom. The van der Waals surface area contributed by atoms with E-state index in [-0.39, 0.29) is 11.2 Å². The molecule has 0 aliphatic carbocycles. The van der Waals surface area contributed by atoms with Gasteiger partial charge in [0.25, 0.3) is 0 Å². The number of ether oxygens (including phenoxy) is 1. The average Bonchev–Trinajstić information content (AvgIpc) is 2.61. The summed E-state index contributed by atoms with van der Waals surface area (Å²) in [6.07, 6.45) is 1.99. The molecule has 2 nitrogen and oxygen atoms in total. The van der Waals surface area contributed by atoms with Crippen LogP contribution in [-0.2, 0) is 10.2 Å². The first-order valence-electron chi connectivity index (χ1n) is 5.42. The summed E-state index contributed by atoms with van der Waals surface area (Å²) in [5, 5.41) is 3.20. The van der Waals surface area contributed by atoms with E-state index in [0.717, 1.165) is 38.2 Å². The standard InChI is InChI=1S/C12H14FNO/c13-10-3-1-2-9-11(10)14-8-12(9)4-6-15-7-5-12/h1-3,14H,4-8H2. The van der Waals surface area contributed by atoms with E-state index in [1.807, 2.05) is 6.07 Å². The summed E-state index contributed by atoms with van der Waals surface area (Å²) in [5.74, 6) is -0.129. The number of nitrogens with one attached hydrogen (secondary N) is 1. The third-order valence-electron chi connectivity index (χ3n) is 3.64. The molecule has 1 aromatic carbocycles. The first-order valence-corrected chi connectivity index (χ1v) is 5.42. The zero-order chi connectivity index (χ0) is 10.3. The molecule has 3 heteroatoms. The molecule has 0 aromatic heterocycles. The van der Waals surface area contributed by atoms with Gasteiger partial charge in [0.1, 0.15) is 5.82 Å². The fraction of sp³-hybridized carbons (Fsp3) is 0.500. The van der Waals surface area contributed by atoms with Crippen LogP contribution in [0.1, 0.15) is 18.4 Å². The third-order valence-corrected chi connectivity index (χ3v) is 3.64. The summed E-state index contributed by atoms with van der Waals surface area (Å²) >= 11 is 0. The first kappa shape index (κ1) is 9.16. The lowest BCUT2D eigenvalue weighted by Crippen LogP contribution is -2.35. The predicted octanol–water partition coefficient (Wildman–Crippen LogP) is 2.30. The quantitative estimate of drug-likeness (QED) is 0.704. The molecule has 3 rings (SSSR count). The Hall–Kier alpha value is -1.09. The fourth-order valence-corrected chi connectivity index (χ4v) is 2.71. The number of fused-ring (bicyclic) bond motifs is 2. The van der Waals surface area contributed by atoms with Crippen molar-refractivity contribution in [2.45, 2.75) is 18.3 Å². The smallest absolute Gasteiger partial charge is 0.146 e. The normalized spacial score (nSPS) is 22.5. The number of halogens is 1. The first-order chi connectivity index (χ1) is 7.32. The lowest BCUT2D eigenvalue weighted by molar-refractivity contribution is 0.0567. The Kier molecular flexibility index (Phi) is 1.96. The van der Waals surface area contributed by atoms with E-state index < -0.39 is 0 Å².